The Bertz CT molecular complexity index is 146. The Hall–Kier alpha value is -0.0800. The first-order valence-electron chi connectivity index (χ1n) is 6.32. The Morgan fingerprint density at radius 3 is 1.67 bits per heavy atom. The minimum Gasteiger partial charge on any atom is -0.330 e. The molecule has 1 rings (SSSR count). The second kappa shape index (κ2) is 6.49. The molecule has 1 heterocycles. The van der Waals surface area contributed by atoms with Crippen molar-refractivity contribution in [3.05, 3.63) is 0 Å². The molecule has 0 aromatic carbocycles. The van der Waals surface area contributed by atoms with Crippen LogP contribution in [0.1, 0.15) is 66.7 Å². The molecular formula is C13H30N2. The lowest BCUT2D eigenvalue weighted by atomic mass is 9.83. The van der Waals surface area contributed by atoms with E-state index >= 15 is 0 Å². The van der Waals surface area contributed by atoms with Gasteiger partial charge >= 0.3 is 0 Å². The van der Waals surface area contributed by atoms with E-state index in [0.29, 0.717) is 11.1 Å². The third-order valence-corrected chi connectivity index (χ3v) is 2.84. The molecular weight excluding hydrogens is 184 g/mol. The van der Waals surface area contributed by atoms with Gasteiger partial charge in [-0.3, -0.25) is 0 Å². The lowest BCUT2D eigenvalue weighted by Crippen LogP contribution is -2.55. The van der Waals surface area contributed by atoms with Crippen LogP contribution < -0.4 is 11.1 Å². The smallest absolute Gasteiger partial charge is 0.0130 e. The van der Waals surface area contributed by atoms with Crippen molar-refractivity contribution in [1.82, 2.24) is 5.32 Å². The molecule has 0 unspecified atom stereocenters. The average Bonchev–Trinajstić information content (AvgIpc) is 2.01. The van der Waals surface area contributed by atoms with E-state index in [1.54, 1.807) is 0 Å². The van der Waals surface area contributed by atoms with Gasteiger partial charge in [0.05, 0.1) is 0 Å². The zero-order valence-electron chi connectivity index (χ0n) is 11.3. The van der Waals surface area contributed by atoms with Crippen molar-refractivity contribution in [3.63, 3.8) is 0 Å². The zero-order chi connectivity index (χ0) is 11.9. The van der Waals surface area contributed by atoms with E-state index in [9.17, 15) is 0 Å². The summed E-state index contributed by atoms with van der Waals surface area (Å²) in [6, 6.07) is 0. The van der Waals surface area contributed by atoms with Gasteiger partial charge in [0.1, 0.15) is 0 Å². The topological polar surface area (TPSA) is 38.0 Å². The lowest BCUT2D eigenvalue weighted by Gasteiger charge is -2.42. The molecule has 1 fully saturated rings. The number of hydrogen-bond donors (Lipinski definition) is 2. The van der Waals surface area contributed by atoms with E-state index in [1.807, 2.05) is 0 Å². The van der Waals surface area contributed by atoms with Crippen molar-refractivity contribution in [2.75, 3.05) is 6.54 Å². The Balaban J connectivity index is 0.000000336. The van der Waals surface area contributed by atoms with Crippen LogP contribution in [0.15, 0.2) is 0 Å². The largest absolute Gasteiger partial charge is 0.330 e. The van der Waals surface area contributed by atoms with Crippen molar-refractivity contribution in [2.24, 2.45) is 5.73 Å². The molecule has 1 aliphatic heterocycles. The summed E-state index contributed by atoms with van der Waals surface area (Å²) in [6.07, 6.45) is 6.39. The van der Waals surface area contributed by atoms with E-state index in [0.717, 1.165) is 6.54 Å². The molecule has 1 aliphatic rings. The molecule has 0 saturated carbocycles. The fraction of sp³-hybridized carbons (Fsp3) is 1.00. The summed E-state index contributed by atoms with van der Waals surface area (Å²) in [5, 5.41) is 3.63. The van der Waals surface area contributed by atoms with E-state index < -0.39 is 0 Å². The van der Waals surface area contributed by atoms with Crippen LogP contribution in [0.2, 0.25) is 0 Å². The highest BCUT2D eigenvalue weighted by molar-refractivity contribution is 4.92. The number of rotatable bonds is 2. The number of nitrogens with one attached hydrogen (secondary N) is 1. The number of unbranched alkanes of at least 4 members (excludes halogenated alkanes) is 1. The highest BCUT2D eigenvalue weighted by atomic mass is 15.0. The van der Waals surface area contributed by atoms with Crippen LogP contribution in [0.4, 0.5) is 0 Å². The molecule has 3 N–H and O–H groups in total. The van der Waals surface area contributed by atoms with Gasteiger partial charge in [-0.15, -0.1) is 0 Å². The molecule has 0 spiro atoms. The maximum Gasteiger partial charge on any atom is 0.0130 e. The monoisotopic (exact) mass is 214 g/mol. The molecule has 2 nitrogen and oxygen atoms in total. The summed E-state index contributed by atoms with van der Waals surface area (Å²) >= 11 is 0. The Kier molecular flexibility index (Phi) is 6.46. The van der Waals surface area contributed by atoms with Gasteiger partial charge in [0, 0.05) is 11.1 Å². The van der Waals surface area contributed by atoms with Gasteiger partial charge in [0.25, 0.3) is 0 Å². The predicted molar refractivity (Wildman–Crippen MR) is 69.1 cm³/mol. The summed E-state index contributed by atoms with van der Waals surface area (Å²) < 4.78 is 0. The van der Waals surface area contributed by atoms with Crippen LogP contribution >= 0.6 is 0 Å². The SMILES string of the molecule is CC1(C)CCCC(C)(C)N1.CCCCN. The molecule has 0 aromatic rings. The molecule has 0 radical (unpaired) electrons. The highest BCUT2D eigenvalue weighted by Gasteiger charge is 2.31. The van der Waals surface area contributed by atoms with Crippen molar-refractivity contribution in [2.45, 2.75) is 77.8 Å². The van der Waals surface area contributed by atoms with Crippen LogP contribution in [0.5, 0.6) is 0 Å². The van der Waals surface area contributed by atoms with E-state index in [-0.39, 0.29) is 0 Å². The standard InChI is InChI=1S/C9H19N.C4H11N/c1-8(2)6-5-7-9(3,4)10-8;1-2-3-4-5/h10H,5-7H2,1-4H3;2-5H2,1H3. The summed E-state index contributed by atoms with van der Waals surface area (Å²) in [4.78, 5) is 0. The van der Waals surface area contributed by atoms with Gasteiger partial charge in [-0.05, 0) is 59.9 Å². The van der Waals surface area contributed by atoms with Crippen LogP contribution in [0.3, 0.4) is 0 Å². The first-order valence-corrected chi connectivity index (χ1v) is 6.32. The van der Waals surface area contributed by atoms with Crippen LogP contribution in [-0.2, 0) is 0 Å². The summed E-state index contributed by atoms with van der Waals surface area (Å²) in [5.74, 6) is 0. The van der Waals surface area contributed by atoms with E-state index in [2.05, 4.69) is 39.9 Å². The first kappa shape index (κ1) is 14.9. The van der Waals surface area contributed by atoms with E-state index in [1.165, 1.54) is 32.1 Å². The van der Waals surface area contributed by atoms with Gasteiger partial charge in [-0.25, -0.2) is 0 Å². The molecule has 1 saturated heterocycles. The van der Waals surface area contributed by atoms with Crippen molar-refractivity contribution >= 4 is 0 Å². The van der Waals surface area contributed by atoms with Crippen LogP contribution in [-0.4, -0.2) is 17.6 Å². The summed E-state index contributed by atoms with van der Waals surface area (Å²) in [6.45, 7) is 12.1. The van der Waals surface area contributed by atoms with Crippen LogP contribution in [0.25, 0.3) is 0 Å². The van der Waals surface area contributed by atoms with Crippen molar-refractivity contribution in [3.8, 4) is 0 Å². The predicted octanol–water partition coefficient (Wildman–Crippen LogP) is 3.06. The molecule has 2 heteroatoms. The number of hydrogen-bond acceptors (Lipinski definition) is 2. The Labute approximate surface area is 96.0 Å². The van der Waals surface area contributed by atoms with Crippen LogP contribution in [0, 0.1) is 0 Å². The second-order valence-corrected chi connectivity index (χ2v) is 5.89. The van der Waals surface area contributed by atoms with Gasteiger partial charge in [-0.1, -0.05) is 13.3 Å². The third-order valence-electron chi connectivity index (χ3n) is 2.84. The fourth-order valence-corrected chi connectivity index (χ4v) is 2.22. The number of piperidine rings is 1. The number of nitrogens with two attached hydrogens (primary N) is 1. The Morgan fingerprint density at radius 1 is 1.07 bits per heavy atom. The normalized spacial score (nSPS) is 22.8. The molecule has 0 aromatic heterocycles. The molecule has 0 atom stereocenters. The minimum absolute atomic E-state index is 0.363. The van der Waals surface area contributed by atoms with Crippen molar-refractivity contribution in [1.29, 1.82) is 0 Å². The highest BCUT2D eigenvalue weighted by Crippen LogP contribution is 2.27. The molecule has 15 heavy (non-hydrogen) atoms. The molecule has 0 aliphatic carbocycles. The maximum absolute atomic E-state index is 5.14. The van der Waals surface area contributed by atoms with Gasteiger partial charge < -0.3 is 11.1 Å². The molecule has 0 bridgehead atoms. The van der Waals surface area contributed by atoms with Crippen molar-refractivity contribution < 1.29 is 0 Å². The summed E-state index contributed by atoms with van der Waals surface area (Å²) in [5.41, 5.74) is 5.86. The quantitative estimate of drug-likeness (QED) is 0.741. The maximum atomic E-state index is 5.14. The second-order valence-electron chi connectivity index (χ2n) is 5.89. The Morgan fingerprint density at radius 2 is 1.53 bits per heavy atom. The zero-order valence-corrected chi connectivity index (χ0v) is 11.3. The fourth-order valence-electron chi connectivity index (χ4n) is 2.22. The minimum atomic E-state index is 0.363. The van der Waals surface area contributed by atoms with Gasteiger partial charge in [-0.2, -0.15) is 0 Å². The first-order chi connectivity index (χ1) is 6.83. The lowest BCUT2D eigenvalue weighted by molar-refractivity contribution is 0.183. The van der Waals surface area contributed by atoms with Gasteiger partial charge in [0.15, 0.2) is 0 Å². The molecule has 0 amide bonds. The summed E-state index contributed by atoms with van der Waals surface area (Å²) in [7, 11) is 0. The van der Waals surface area contributed by atoms with E-state index in [4.69, 9.17) is 5.73 Å². The van der Waals surface area contributed by atoms with Gasteiger partial charge in [0.2, 0.25) is 0 Å². The average molecular weight is 214 g/mol. The molecule has 92 valence electrons. The third kappa shape index (κ3) is 7.80.